The van der Waals surface area contributed by atoms with Crippen LogP contribution in [0.4, 0.5) is 0 Å². The van der Waals surface area contributed by atoms with E-state index in [1.54, 1.807) is 0 Å². The normalized spacial score (nSPS) is 14.7. The Bertz CT molecular complexity index is 946. The molecule has 1 amide bonds. The summed E-state index contributed by atoms with van der Waals surface area (Å²) >= 11 is 0. The van der Waals surface area contributed by atoms with Crippen molar-refractivity contribution in [2.24, 2.45) is 0 Å². The molecule has 29 heavy (non-hydrogen) atoms. The molecule has 0 bridgehead atoms. The Balaban J connectivity index is 1.35. The number of nitrogens with zero attached hydrogens (tertiary/aromatic N) is 4. The van der Waals surface area contributed by atoms with Gasteiger partial charge in [-0.05, 0) is 31.2 Å². The van der Waals surface area contributed by atoms with Crippen LogP contribution in [0.15, 0.2) is 67.0 Å². The number of carbonyl (C=O) groups excluding carboxylic acids is 1. The van der Waals surface area contributed by atoms with Gasteiger partial charge in [0.1, 0.15) is 17.3 Å². The molecule has 2 aromatic carbocycles. The van der Waals surface area contributed by atoms with Crippen LogP contribution in [0.3, 0.4) is 0 Å². The number of benzene rings is 2. The van der Waals surface area contributed by atoms with Crippen LogP contribution in [-0.2, 0) is 6.54 Å². The van der Waals surface area contributed by atoms with E-state index in [0.29, 0.717) is 11.3 Å². The maximum absolute atomic E-state index is 13.1. The van der Waals surface area contributed by atoms with Crippen molar-refractivity contribution in [3.05, 3.63) is 78.4 Å². The minimum absolute atomic E-state index is 0.0293. The van der Waals surface area contributed by atoms with Crippen LogP contribution in [0.1, 0.15) is 16.2 Å². The molecule has 1 aliphatic heterocycles. The zero-order valence-corrected chi connectivity index (χ0v) is 16.7. The zero-order chi connectivity index (χ0) is 20.1. The predicted molar refractivity (Wildman–Crippen MR) is 112 cm³/mol. The van der Waals surface area contributed by atoms with Gasteiger partial charge < -0.3 is 14.2 Å². The molecule has 1 saturated heterocycles. The second-order valence-electron chi connectivity index (χ2n) is 7.21. The number of aromatic nitrogens is 2. The van der Waals surface area contributed by atoms with Crippen LogP contribution >= 0.6 is 0 Å². The van der Waals surface area contributed by atoms with Crippen LogP contribution in [0, 0.1) is 6.92 Å². The summed E-state index contributed by atoms with van der Waals surface area (Å²) in [5.74, 6) is 2.39. The third-order valence-electron chi connectivity index (χ3n) is 5.33. The van der Waals surface area contributed by atoms with Gasteiger partial charge in [-0.25, -0.2) is 4.98 Å². The van der Waals surface area contributed by atoms with E-state index in [9.17, 15) is 4.79 Å². The minimum Gasteiger partial charge on any atom is -0.457 e. The van der Waals surface area contributed by atoms with Crippen molar-refractivity contribution >= 4 is 5.91 Å². The fourth-order valence-corrected chi connectivity index (χ4v) is 3.58. The van der Waals surface area contributed by atoms with Crippen molar-refractivity contribution in [1.29, 1.82) is 0 Å². The first-order valence-corrected chi connectivity index (χ1v) is 10.0. The molecule has 0 aliphatic carbocycles. The topological polar surface area (TPSA) is 50.6 Å². The molecule has 1 fully saturated rings. The molecule has 3 aromatic rings. The largest absolute Gasteiger partial charge is 0.457 e. The summed E-state index contributed by atoms with van der Waals surface area (Å²) in [5, 5.41) is 0. The van der Waals surface area contributed by atoms with Gasteiger partial charge in [0.2, 0.25) is 0 Å². The van der Waals surface area contributed by atoms with Gasteiger partial charge in [0.05, 0.1) is 5.56 Å². The van der Waals surface area contributed by atoms with Crippen LogP contribution in [0.5, 0.6) is 11.5 Å². The average molecular weight is 390 g/mol. The third-order valence-corrected chi connectivity index (χ3v) is 5.33. The molecular weight excluding hydrogens is 364 g/mol. The lowest BCUT2D eigenvalue weighted by Gasteiger charge is -2.35. The lowest BCUT2D eigenvalue weighted by molar-refractivity contribution is 0.0630. The van der Waals surface area contributed by atoms with E-state index in [4.69, 9.17) is 4.74 Å². The Labute approximate surface area is 171 Å². The average Bonchev–Trinajstić information content (AvgIpc) is 3.18. The highest BCUT2D eigenvalue weighted by molar-refractivity contribution is 5.97. The highest BCUT2D eigenvalue weighted by Crippen LogP contribution is 2.26. The lowest BCUT2D eigenvalue weighted by atomic mass is 10.1. The Morgan fingerprint density at radius 2 is 1.69 bits per heavy atom. The van der Waals surface area contributed by atoms with Gasteiger partial charge in [-0.1, -0.05) is 30.3 Å². The summed E-state index contributed by atoms with van der Waals surface area (Å²) < 4.78 is 8.13. The number of hydrogen-bond donors (Lipinski definition) is 0. The summed E-state index contributed by atoms with van der Waals surface area (Å²) in [7, 11) is 0. The van der Waals surface area contributed by atoms with Crippen molar-refractivity contribution in [2.45, 2.75) is 13.5 Å². The molecule has 4 rings (SSSR count). The van der Waals surface area contributed by atoms with Gasteiger partial charge in [0.15, 0.2) is 0 Å². The number of rotatable bonds is 6. The number of aryl methyl sites for hydroxylation is 1. The van der Waals surface area contributed by atoms with Crippen LogP contribution in [0.2, 0.25) is 0 Å². The Morgan fingerprint density at radius 1 is 0.966 bits per heavy atom. The van der Waals surface area contributed by atoms with E-state index in [1.165, 1.54) is 0 Å². The van der Waals surface area contributed by atoms with E-state index in [0.717, 1.165) is 50.8 Å². The van der Waals surface area contributed by atoms with Crippen LogP contribution < -0.4 is 4.74 Å². The molecule has 0 spiro atoms. The molecule has 6 heteroatoms. The third kappa shape index (κ3) is 4.66. The van der Waals surface area contributed by atoms with E-state index < -0.39 is 0 Å². The maximum atomic E-state index is 13.1. The summed E-state index contributed by atoms with van der Waals surface area (Å²) in [4.78, 5) is 21.7. The van der Waals surface area contributed by atoms with Crippen molar-refractivity contribution in [3.8, 4) is 11.5 Å². The molecule has 0 radical (unpaired) electrons. The quantitative estimate of drug-likeness (QED) is 0.647. The van der Waals surface area contributed by atoms with Gasteiger partial charge in [0.25, 0.3) is 5.91 Å². The van der Waals surface area contributed by atoms with Crippen molar-refractivity contribution in [3.63, 3.8) is 0 Å². The lowest BCUT2D eigenvalue weighted by Crippen LogP contribution is -2.49. The van der Waals surface area contributed by atoms with Gasteiger partial charge in [-0.2, -0.15) is 0 Å². The number of carbonyl (C=O) groups is 1. The van der Waals surface area contributed by atoms with Crippen LogP contribution in [-0.4, -0.2) is 58.0 Å². The highest BCUT2D eigenvalue weighted by atomic mass is 16.5. The van der Waals surface area contributed by atoms with E-state index in [1.807, 2.05) is 78.8 Å². The molecule has 1 aromatic heterocycles. The van der Waals surface area contributed by atoms with E-state index in [2.05, 4.69) is 14.5 Å². The first-order chi connectivity index (χ1) is 14.2. The second-order valence-corrected chi connectivity index (χ2v) is 7.21. The molecule has 1 aliphatic rings. The van der Waals surface area contributed by atoms with Crippen molar-refractivity contribution in [2.75, 3.05) is 32.7 Å². The summed E-state index contributed by atoms with van der Waals surface area (Å²) in [6.07, 6.45) is 3.85. The standard InChI is InChI=1S/C23H26N4O2/c1-19-24-11-12-26(19)16-13-25-14-17-27(18-15-25)23(28)21-9-5-6-10-22(21)29-20-7-3-2-4-8-20/h2-12H,13-18H2,1H3. The van der Waals surface area contributed by atoms with Gasteiger partial charge >= 0.3 is 0 Å². The number of para-hydroxylation sites is 2. The molecule has 2 heterocycles. The number of piperazine rings is 1. The highest BCUT2D eigenvalue weighted by Gasteiger charge is 2.24. The Kier molecular flexibility index (Phi) is 5.91. The van der Waals surface area contributed by atoms with Gasteiger partial charge in [0, 0.05) is 51.7 Å². The van der Waals surface area contributed by atoms with Gasteiger partial charge in [-0.3, -0.25) is 9.69 Å². The Hall–Kier alpha value is -3.12. The predicted octanol–water partition coefficient (Wildman–Crippen LogP) is 3.44. The van der Waals surface area contributed by atoms with E-state index >= 15 is 0 Å². The number of ether oxygens (including phenoxy) is 1. The molecular formula is C23H26N4O2. The first-order valence-electron chi connectivity index (χ1n) is 10.0. The molecule has 0 unspecified atom stereocenters. The molecule has 0 saturated carbocycles. The first kappa shape index (κ1) is 19.2. The molecule has 0 N–H and O–H groups in total. The number of amides is 1. The Morgan fingerprint density at radius 3 is 2.41 bits per heavy atom. The monoisotopic (exact) mass is 390 g/mol. The fourth-order valence-electron chi connectivity index (χ4n) is 3.58. The smallest absolute Gasteiger partial charge is 0.257 e. The molecule has 6 nitrogen and oxygen atoms in total. The molecule has 150 valence electrons. The fraction of sp³-hybridized carbons (Fsp3) is 0.304. The maximum Gasteiger partial charge on any atom is 0.257 e. The minimum atomic E-state index is 0.0293. The summed E-state index contributed by atoms with van der Waals surface area (Å²) in [6, 6.07) is 17.0. The number of imidazole rings is 1. The summed E-state index contributed by atoms with van der Waals surface area (Å²) in [6.45, 7) is 7.11. The SMILES string of the molecule is Cc1nccn1CCN1CCN(C(=O)c2ccccc2Oc2ccccc2)CC1. The number of hydrogen-bond acceptors (Lipinski definition) is 4. The van der Waals surface area contributed by atoms with Crippen LogP contribution in [0.25, 0.3) is 0 Å². The zero-order valence-electron chi connectivity index (χ0n) is 16.7. The summed E-state index contributed by atoms with van der Waals surface area (Å²) in [5.41, 5.74) is 0.610. The van der Waals surface area contributed by atoms with Crippen molar-refractivity contribution < 1.29 is 9.53 Å². The molecule has 0 atom stereocenters. The van der Waals surface area contributed by atoms with Gasteiger partial charge in [-0.15, -0.1) is 0 Å². The second kappa shape index (κ2) is 8.92. The van der Waals surface area contributed by atoms with Crippen molar-refractivity contribution in [1.82, 2.24) is 19.4 Å². The van der Waals surface area contributed by atoms with E-state index in [-0.39, 0.29) is 5.91 Å².